The van der Waals surface area contributed by atoms with Crippen LogP contribution in [0.5, 0.6) is 0 Å². The monoisotopic (exact) mass is 349 g/mol. The Morgan fingerprint density at radius 1 is 1.44 bits per heavy atom. The summed E-state index contributed by atoms with van der Waals surface area (Å²) in [5.74, 6) is -0.568. The van der Waals surface area contributed by atoms with Crippen LogP contribution in [-0.2, 0) is 6.42 Å². The van der Waals surface area contributed by atoms with Crippen molar-refractivity contribution in [3.05, 3.63) is 46.9 Å². The second-order valence-corrected chi connectivity index (χ2v) is 6.30. The molecule has 1 N–H and O–H groups in total. The van der Waals surface area contributed by atoms with Gasteiger partial charge >= 0.3 is 6.03 Å². The van der Waals surface area contributed by atoms with Crippen molar-refractivity contribution in [1.29, 1.82) is 0 Å². The van der Waals surface area contributed by atoms with E-state index in [-0.39, 0.29) is 11.9 Å². The smallest absolute Gasteiger partial charge is 0.322 e. The third-order valence-electron chi connectivity index (χ3n) is 4.61. The summed E-state index contributed by atoms with van der Waals surface area (Å²) >= 11 is 0. The molecule has 134 valence electrons. The minimum absolute atomic E-state index is 0.218. The maximum absolute atomic E-state index is 14.0. The standard InChI is InChI=1S/C18H21F2N3O2/c1-3-16-17(11(2)25-22-16)21-18(24)23-8-4-5-12(10-23)14-9-13(19)6-7-15(14)20/h6-7,9,12H,3-5,8,10H2,1-2H3,(H,21,24)/t12-/m1/s1. The van der Waals surface area contributed by atoms with E-state index < -0.39 is 11.6 Å². The van der Waals surface area contributed by atoms with Crippen molar-refractivity contribution in [3.8, 4) is 0 Å². The third-order valence-corrected chi connectivity index (χ3v) is 4.61. The fraction of sp³-hybridized carbons (Fsp3) is 0.444. The van der Waals surface area contributed by atoms with Gasteiger partial charge in [0.1, 0.15) is 23.0 Å². The van der Waals surface area contributed by atoms with Gasteiger partial charge in [0.2, 0.25) is 0 Å². The van der Waals surface area contributed by atoms with Gasteiger partial charge in [0.05, 0.1) is 0 Å². The van der Waals surface area contributed by atoms with E-state index in [1.165, 1.54) is 6.07 Å². The van der Waals surface area contributed by atoms with Crippen molar-refractivity contribution in [2.75, 3.05) is 18.4 Å². The Balaban J connectivity index is 1.73. The van der Waals surface area contributed by atoms with Gasteiger partial charge in [-0.3, -0.25) is 0 Å². The number of piperidine rings is 1. The highest BCUT2D eigenvalue weighted by Gasteiger charge is 2.28. The molecule has 1 fully saturated rings. The number of amides is 2. The van der Waals surface area contributed by atoms with E-state index in [4.69, 9.17) is 4.52 Å². The summed E-state index contributed by atoms with van der Waals surface area (Å²) in [4.78, 5) is 14.2. The topological polar surface area (TPSA) is 58.4 Å². The molecule has 0 aliphatic carbocycles. The summed E-state index contributed by atoms with van der Waals surface area (Å²) < 4.78 is 32.6. The van der Waals surface area contributed by atoms with Crippen molar-refractivity contribution in [1.82, 2.24) is 10.1 Å². The predicted molar refractivity (Wildman–Crippen MR) is 89.5 cm³/mol. The van der Waals surface area contributed by atoms with Gasteiger partial charge in [-0.1, -0.05) is 12.1 Å². The van der Waals surface area contributed by atoms with E-state index >= 15 is 0 Å². The second kappa shape index (κ2) is 7.21. The molecule has 7 heteroatoms. The summed E-state index contributed by atoms with van der Waals surface area (Å²) in [6.45, 7) is 4.59. The van der Waals surface area contributed by atoms with Crippen molar-refractivity contribution < 1.29 is 18.1 Å². The van der Waals surface area contributed by atoms with Gasteiger partial charge in [-0.25, -0.2) is 13.6 Å². The lowest BCUT2D eigenvalue weighted by atomic mass is 9.90. The van der Waals surface area contributed by atoms with Gasteiger partial charge in [0.25, 0.3) is 0 Å². The van der Waals surface area contributed by atoms with Crippen LogP contribution in [0.3, 0.4) is 0 Å². The highest BCUT2D eigenvalue weighted by molar-refractivity contribution is 5.90. The number of nitrogens with zero attached hydrogens (tertiary/aromatic N) is 2. The molecule has 0 bridgehead atoms. The first kappa shape index (κ1) is 17.4. The Morgan fingerprint density at radius 2 is 2.24 bits per heavy atom. The maximum atomic E-state index is 14.0. The molecular formula is C18H21F2N3O2. The molecule has 2 aromatic rings. The van der Waals surface area contributed by atoms with E-state index in [2.05, 4.69) is 10.5 Å². The first-order valence-corrected chi connectivity index (χ1v) is 8.45. The van der Waals surface area contributed by atoms with Crippen molar-refractivity contribution in [2.45, 2.75) is 39.0 Å². The SMILES string of the molecule is CCc1noc(C)c1NC(=O)N1CCC[C@@H](c2cc(F)ccc2F)C1. The molecule has 3 rings (SSSR count). The number of urea groups is 1. The molecule has 0 spiro atoms. The van der Waals surface area contributed by atoms with Crippen LogP contribution in [0.15, 0.2) is 22.7 Å². The molecule has 1 aliphatic heterocycles. The number of rotatable bonds is 3. The lowest BCUT2D eigenvalue weighted by Gasteiger charge is -2.33. The quantitative estimate of drug-likeness (QED) is 0.902. The number of aryl methyl sites for hydroxylation is 2. The van der Waals surface area contributed by atoms with Gasteiger partial charge in [-0.05, 0) is 49.9 Å². The van der Waals surface area contributed by atoms with Crippen LogP contribution < -0.4 is 5.32 Å². The number of nitrogens with one attached hydrogen (secondary N) is 1. The number of hydrogen-bond acceptors (Lipinski definition) is 3. The molecule has 25 heavy (non-hydrogen) atoms. The number of benzene rings is 1. The summed E-state index contributed by atoms with van der Waals surface area (Å²) in [5, 5.41) is 6.76. The van der Waals surface area contributed by atoms with Crippen molar-refractivity contribution in [3.63, 3.8) is 0 Å². The van der Waals surface area contributed by atoms with Crippen LogP contribution in [0, 0.1) is 18.6 Å². The zero-order chi connectivity index (χ0) is 18.0. The number of hydrogen-bond donors (Lipinski definition) is 1. The lowest BCUT2D eigenvalue weighted by Crippen LogP contribution is -2.42. The highest BCUT2D eigenvalue weighted by Crippen LogP contribution is 2.30. The summed E-state index contributed by atoms with van der Waals surface area (Å²) in [5.41, 5.74) is 1.61. The zero-order valence-electron chi connectivity index (χ0n) is 14.3. The number of likely N-dealkylation sites (tertiary alicyclic amines) is 1. The molecule has 1 saturated heterocycles. The molecule has 1 aromatic carbocycles. The van der Waals surface area contributed by atoms with Gasteiger partial charge in [-0.2, -0.15) is 0 Å². The van der Waals surface area contributed by atoms with E-state index in [1.54, 1.807) is 11.8 Å². The Kier molecular flexibility index (Phi) is 5.01. The molecule has 0 unspecified atom stereocenters. The Hall–Kier alpha value is -2.44. The number of anilines is 1. The van der Waals surface area contributed by atoms with E-state index in [1.807, 2.05) is 6.92 Å². The third kappa shape index (κ3) is 3.65. The number of halogens is 2. The Morgan fingerprint density at radius 3 is 3.00 bits per heavy atom. The van der Waals surface area contributed by atoms with Crippen molar-refractivity contribution >= 4 is 11.7 Å². The molecule has 2 amide bonds. The van der Waals surface area contributed by atoms with Crippen LogP contribution in [0.25, 0.3) is 0 Å². The van der Waals surface area contributed by atoms with Gasteiger partial charge < -0.3 is 14.7 Å². The van der Waals surface area contributed by atoms with E-state index in [0.717, 1.165) is 25.0 Å². The Bertz CT molecular complexity index is 776. The summed E-state index contributed by atoms with van der Waals surface area (Å²) in [6, 6.07) is 3.19. The highest BCUT2D eigenvalue weighted by atomic mass is 19.1. The largest absolute Gasteiger partial charge is 0.359 e. The fourth-order valence-corrected chi connectivity index (χ4v) is 3.25. The van der Waals surface area contributed by atoms with E-state index in [0.29, 0.717) is 42.2 Å². The van der Waals surface area contributed by atoms with Gasteiger partial charge in [0, 0.05) is 19.0 Å². The molecule has 1 aliphatic rings. The predicted octanol–water partition coefficient (Wildman–Crippen LogP) is 4.24. The van der Waals surface area contributed by atoms with Crippen LogP contribution in [0.4, 0.5) is 19.3 Å². The zero-order valence-corrected chi connectivity index (χ0v) is 14.3. The number of aromatic nitrogens is 1. The van der Waals surface area contributed by atoms with Crippen molar-refractivity contribution in [2.24, 2.45) is 0 Å². The van der Waals surface area contributed by atoms with Crippen LogP contribution in [-0.4, -0.2) is 29.2 Å². The minimum Gasteiger partial charge on any atom is -0.359 e. The van der Waals surface area contributed by atoms with Crippen LogP contribution in [0.1, 0.15) is 42.7 Å². The molecule has 1 atom stereocenters. The normalized spacial score (nSPS) is 17.6. The molecular weight excluding hydrogens is 328 g/mol. The van der Waals surface area contributed by atoms with Gasteiger partial charge in [-0.15, -0.1) is 0 Å². The summed E-state index contributed by atoms with van der Waals surface area (Å²) in [7, 11) is 0. The number of carbonyl (C=O) groups excluding carboxylic acids is 1. The van der Waals surface area contributed by atoms with Crippen LogP contribution >= 0.6 is 0 Å². The van der Waals surface area contributed by atoms with E-state index in [9.17, 15) is 13.6 Å². The Labute approximate surface area is 145 Å². The molecule has 0 saturated carbocycles. The number of carbonyl (C=O) groups is 1. The van der Waals surface area contributed by atoms with Crippen LogP contribution in [0.2, 0.25) is 0 Å². The second-order valence-electron chi connectivity index (χ2n) is 6.30. The molecule has 1 aromatic heterocycles. The minimum atomic E-state index is -0.467. The fourth-order valence-electron chi connectivity index (χ4n) is 3.25. The lowest BCUT2D eigenvalue weighted by molar-refractivity contribution is 0.192. The average molecular weight is 349 g/mol. The van der Waals surface area contributed by atoms with Gasteiger partial charge in [0.15, 0.2) is 5.76 Å². The maximum Gasteiger partial charge on any atom is 0.322 e. The first-order chi connectivity index (χ1) is 12.0. The molecule has 5 nitrogen and oxygen atoms in total. The first-order valence-electron chi connectivity index (χ1n) is 8.45. The molecule has 0 radical (unpaired) electrons. The average Bonchev–Trinajstić information content (AvgIpc) is 2.97. The summed E-state index contributed by atoms with van der Waals surface area (Å²) in [6.07, 6.45) is 2.10. The molecule has 2 heterocycles.